The van der Waals surface area contributed by atoms with E-state index in [2.05, 4.69) is 5.32 Å². The Labute approximate surface area is 157 Å². The van der Waals surface area contributed by atoms with Crippen LogP contribution in [0.15, 0.2) is 53.4 Å². The first-order valence-corrected chi connectivity index (χ1v) is 8.63. The van der Waals surface area contributed by atoms with E-state index in [-0.39, 0.29) is 12.4 Å². The predicted octanol–water partition coefficient (Wildman–Crippen LogP) is 4.35. The molecule has 0 unspecified atom stereocenters. The fourth-order valence-corrected chi connectivity index (χ4v) is 3.21. The van der Waals surface area contributed by atoms with Crippen LogP contribution in [0.2, 0.25) is 5.02 Å². The first kappa shape index (κ1) is 18.0. The van der Waals surface area contributed by atoms with Gasteiger partial charge in [0.05, 0.1) is 16.5 Å². The SMILES string of the molecule is O=C1SC(=Cc2ccc(Cl)cc2)C(=O)N1CNc1cccc([N+](=O)[O-])c1. The predicted molar refractivity (Wildman–Crippen MR) is 101 cm³/mol. The van der Waals surface area contributed by atoms with Crippen LogP contribution in [-0.2, 0) is 4.79 Å². The molecule has 0 aromatic heterocycles. The van der Waals surface area contributed by atoms with E-state index in [1.54, 1.807) is 36.4 Å². The fraction of sp³-hybridized carbons (Fsp3) is 0.0588. The quantitative estimate of drug-likeness (QED) is 0.464. The Morgan fingerprint density at radius 2 is 1.92 bits per heavy atom. The number of non-ortho nitro benzene ring substituents is 1. The number of nitrogens with zero attached hydrogens (tertiary/aromatic N) is 2. The summed E-state index contributed by atoms with van der Waals surface area (Å²) in [5.41, 5.74) is 1.12. The topological polar surface area (TPSA) is 92.6 Å². The van der Waals surface area contributed by atoms with Crippen LogP contribution in [-0.4, -0.2) is 27.6 Å². The van der Waals surface area contributed by atoms with Gasteiger partial charge in [0.1, 0.15) is 0 Å². The van der Waals surface area contributed by atoms with E-state index >= 15 is 0 Å². The maximum absolute atomic E-state index is 12.4. The summed E-state index contributed by atoms with van der Waals surface area (Å²) < 4.78 is 0. The molecule has 1 heterocycles. The summed E-state index contributed by atoms with van der Waals surface area (Å²) in [7, 11) is 0. The second kappa shape index (κ2) is 7.59. The van der Waals surface area contributed by atoms with Crippen LogP contribution >= 0.6 is 23.4 Å². The van der Waals surface area contributed by atoms with Crippen LogP contribution in [0.1, 0.15) is 5.56 Å². The lowest BCUT2D eigenvalue weighted by molar-refractivity contribution is -0.384. The van der Waals surface area contributed by atoms with E-state index < -0.39 is 16.1 Å². The lowest BCUT2D eigenvalue weighted by atomic mass is 10.2. The van der Waals surface area contributed by atoms with Crippen molar-refractivity contribution in [2.75, 3.05) is 12.0 Å². The van der Waals surface area contributed by atoms with Gasteiger partial charge in [-0.05, 0) is 41.6 Å². The summed E-state index contributed by atoms with van der Waals surface area (Å²) in [5.74, 6) is -0.423. The molecule has 2 aromatic rings. The number of nitro groups is 1. The highest BCUT2D eigenvalue weighted by atomic mass is 35.5. The van der Waals surface area contributed by atoms with Crippen LogP contribution in [0.3, 0.4) is 0 Å². The summed E-state index contributed by atoms with van der Waals surface area (Å²) in [4.78, 5) is 36.2. The number of nitro benzene ring substituents is 1. The Balaban J connectivity index is 1.70. The van der Waals surface area contributed by atoms with Crippen molar-refractivity contribution in [2.45, 2.75) is 0 Å². The van der Waals surface area contributed by atoms with Crippen molar-refractivity contribution in [1.82, 2.24) is 4.90 Å². The molecule has 132 valence electrons. The van der Waals surface area contributed by atoms with Crippen molar-refractivity contribution in [1.29, 1.82) is 0 Å². The zero-order valence-electron chi connectivity index (χ0n) is 13.2. The number of carbonyl (C=O) groups excluding carboxylic acids is 2. The van der Waals surface area contributed by atoms with E-state index in [0.29, 0.717) is 15.6 Å². The molecule has 2 amide bonds. The highest BCUT2D eigenvalue weighted by Crippen LogP contribution is 2.32. The molecule has 0 atom stereocenters. The number of halogens is 1. The summed E-state index contributed by atoms with van der Waals surface area (Å²) in [6.07, 6.45) is 1.62. The lowest BCUT2D eigenvalue weighted by Crippen LogP contribution is -2.33. The Bertz CT molecular complexity index is 914. The van der Waals surface area contributed by atoms with Gasteiger partial charge in [0, 0.05) is 22.8 Å². The van der Waals surface area contributed by atoms with Crippen molar-refractivity contribution >= 4 is 52.0 Å². The molecule has 1 N–H and O–H groups in total. The van der Waals surface area contributed by atoms with Gasteiger partial charge in [-0.2, -0.15) is 0 Å². The fourth-order valence-electron chi connectivity index (χ4n) is 2.25. The molecule has 1 aliphatic rings. The number of thioether (sulfide) groups is 1. The molecule has 1 saturated heterocycles. The first-order valence-electron chi connectivity index (χ1n) is 7.43. The average molecular weight is 390 g/mol. The largest absolute Gasteiger partial charge is 0.367 e. The van der Waals surface area contributed by atoms with E-state index in [1.165, 1.54) is 18.2 Å². The summed E-state index contributed by atoms with van der Waals surface area (Å²) in [5, 5.41) is 13.8. The van der Waals surface area contributed by atoms with Gasteiger partial charge in [0.25, 0.3) is 16.8 Å². The number of benzene rings is 2. The Kier molecular flexibility index (Phi) is 5.24. The van der Waals surface area contributed by atoms with Gasteiger partial charge >= 0.3 is 0 Å². The average Bonchev–Trinajstić information content (AvgIpc) is 2.89. The number of nitrogens with one attached hydrogen (secondary N) is 1. The minimum Gasteiger partial charge on any atom is -0.367 e. The van der Waals surface area contributed by atoms with Crippen molar-refractivity contribution in [3.05, 3.63) is 74.1 Å². The summed E-state index contributed by atoms with van der Waals surface area (Å²) >= 11 is 6.67. The molecule has 0 bridgehead atoms. The smallest absolute Gasteiger partial charge is 0.295 e. The second-order valence-electron chi connectivity index (χ2n) is 5.30. The standard InChI is InChI=1S/C17H12ClN3O4S/c18-12-6-4-11(5-7-12)8-15-16(22)20(17(23)26-15)10-19-13-2-1-3-14(9-13)21(24)25/h1-9,19H,10H2. The van der Waals surface area contributed by atoms with Gasteiger partial charge in [0.15, 0.2) is 0 Å². The molecule has 2 aromatic carbocycles. The maximum atomic E-state index is 12.4. The van der Waals surface area contributed by atoms with Crippen molar-refractivity contribution in [2.24, 2.45) is 0 Å². The molecule has 0 spiro atoms. The highest BCUT2D eigenvalue weighted by molar-refractivity contribution is 8.18. The van der Waals surface area contributed by atoms with Crippen LogP contribution in [0.4, 0.5) is 16.2 Å². The molecule has 3 rings (SSSR count). The molecule has 1 fully saturated rings. The molecule has 9 heteroatoms. The summed E-state index contributed by atoms with van der Waals surface area (Å²) in [6, 6.07) is 12.7. The minimum absolute atomic E-state index is 0.0771. The number of anilines is 1. The van der Waals surface area contributed by atoms with Gasteiger partial charge < -0.3 is 5.32 Å². The van der Waals surface area contributed by atoms with E-state index in [9.17, 15) is 19.7 Å². The van der Waals surface area contributed by atoms with Gasteiger partial charge in [-0.3, -0.25) is 24.6 Å². The van der Waals surface area contributed by atoms with Crippen molar-refractivity contribution in [3.8, 4) is 0 Å². The van der Waals surface area contributed by atoms with Gasteiger partial charge in [-0.25, -0.2) is 0 Å². The monoisotopic (exact) mass is 389 g/mol. The van der Waals surface area contributed by atoms with E-state index in [1.807, 2.05) is 0 Å². The molecular formula is C17H12ClN3O4S. The van der Waals surface area contributed by atoms with E-state index in [4.69, 9.17) is 11.6 Å². The number of imide groups is 1. The molecular weight excluding hydrogens is 378 g/mol. The molecule has 0 aliphatic carbocycles. The van der Waals surface area contributed by atoms with Crippen LogP contribution in [0, 0.1) is 10.1 Å². The highest BCUT2D eigenvalue weighted by Gasteiger charge is 2.34. The first-order chi connectivity index (χ1) is 12.4. The Morgan fingerprint density at radius 1 is 1.19 bits per heavy atom. The zero-order valence-corrected chi connectivity index (χ0v) is 14.8. The van der Waals surface area contributed by atoms with Crippen molar-refractivity contribution < 1.29 is 14.5 Å². The molecule has 0 saturated carbocycles. The normalized spacial score (nSPS) is 15.6. The molecule has 26 heavy (non-hydrogen) atoms. The Morgan fingerprint density at radius 3 is 2.62 bits per heavy atom. The second-order valence-corrected chi connectivity index (χ2v) is 6.73. The number of amides is 2. The third kappa shape index (κ3) is 4.04. The Hall–Kier alpha value is -2.84. The number of hydrogen-bond acceptors (Lipinski definition) is 6. The maximum Gasteiger partial charge on any atom is 0.295 e. The molecule has 7 nitrogen and oxygen atoms in total. The lowest BCUT2D eigenvalue weighted by Gasteiger charge is -2.14. The molecule has 0 radical (unpaired) electrons. The van der Waals surface area contributed by atoms with Crippen LogP contribution in [0.5, 0.6) is 0 Å². The number of carbonyl (C=O) groups is 2. The minimum atomic E-state index is -0.514. The number of hydrogen-bond donors (Lipinski definition) is 1. The molecule has 1 aliphatic heterocycles. The third-order valence-electron chi connectivity index (χ3n) is 3.54. The summed E-state index contributed by atoms with van der Waals surface area (Å²) in [6.45, 7) is -0.0796. The van der Waals surface area contributed by atoms with Gasteiger partial charge in [-0.1, -0.05) is 29.8 Å². The van der Waals surface area contributed by atoms with Gasteiger partial charge in [0.2, 0.25) is 0 Å². The zero-order chi connectivity index (χ0) is 18.7. The third-order valence-corrected chi connectivity index (χ3v) is 4.70. The number of rotatable bonds is 5. The van der Waals surface area contributed by atoms with Crippen LogP contribution in [0.25, 0.3) is 6.08 Å². The van der Waals surface area contributed by atoms with Gasteiger partial charge in [-0.15, -0.1) is 0 Å². The van der Waals surface area contributed by atoms with Crippen LogP contribution < -0.4 is 5.32 Å². The van der Waals surface area contributed by atoms with E-state index in [0.717, 1.165) is 22.2 Å². The van der Waals surface area contributed by atoms with Crippen molar-refractivity contribution in [3.63, 3.8) is 0 Å².